The van der Waals surface area contributed by atoms with Crippen molar-refractivity contribution in [1.82, 2.24) is 5.32 Å². The lowest BCUT2D eigenvalue weighted by Gasteiger charge is -2.05. The van der Waals surface area contributed by atoms with Crippen LogP contribution in [0.2, 0.25) is 0 Å². The van der Waals surface area contributed by atoms with Crippen LogP contribution in [0, 0.1) is 0 Å². The summed E-state index contributed by atoms with van der Waals surface area (Å²) in [5.74, 6) is 1.04. The maximum Gasteiger partial charge on any atom is 0.122 e. The maximum absolute atomic E-state index is 8.61. The van der Waals surface area contributed by atoms with E-state index < -0.39 is 0 Å². The van der Waals surface area contributed by atoms with Gasteiger partial charge in [-0.05, 0) is 30.2 Å². The molecule has 0 unspecified atom stereocenters. The monoisotopic (exact) mass is 207 g/mol. The van der Waals surface area contributed by atoms with E-state index in [1.807, 2.05) is 0 Å². The van der Waals surface area contributed by atoms with Gasteiger partial charge in [0, 0.05) is 13.0 Å². The molecule has 1 aromatic carbocycles. The van der Waals surface area contributed by atoms with Crippen LogP contribution in [0.1, 0.15) is 11.1 Å². The molecular formula is C12H17NO2. The first-order chi connectivity index (χ1) is 7.40. The Bertz CT molecular complexity index is 325. The lowest BCUT2D eigenvalue weighted by atomic mass is 10.1. The van der Waals surface area contributed by atoms with Gasteiger partial charge >= 0.3 is 0 Å². The fraction of sp³-hybridized carbons (Fsp3) is 0.500. The Morgan fingerprint density at radius 2 is 2.27 bits per heavy atom. The molecule has 0 atom stereocenters. The van der Waals surface area contributed by atoms with Gasteiger partial charge in [0.05, 0.1) is 13.2 Å². The van der Waals surface area contributed by atoms with Gasteiger partial charge in [0.25, 0.3) is 0 Å². The zero-order chi connectivity index (χ0) is 10.5. The smallest absolute Gasteiger partial charge is 0.122 e. The van der Waals surface area contributed by atoms with Crippen molar-refractivity contribution < 1.29 is 9.84 Å². The number of aliphatic hydroxyl groups excluding tert-OH is 1. The molecule has 2 N–H and O–H groups in total. The normalized spacial score (nSPS) is 13.7. The van der Waals surface area contributed by atoms with E-state index in [9.17, 15) is 0 Å². The molecule has 0 amide bonds. The number of nitrogens with one attached hydrogen (secondary N) is 1. The average Bonchev–Trinajstić information content (AvgIpc) is 2.71. The summed E-state index contributed by atoms with van der Waals surface area (Å²) >= 11 is 0. The van der Waals surface area contributed by atoms with Crippen LogP contribution in [0.5, 0.6) is 5.75 Å². The number of fused-ring (bicyclic) bond motifs is 1. The minimum atomic E-state index is 0.206. The van der Waals surface area contributed by atoms with Gasteiger partial charge < -0.3 is 15.2 Å². The highest BCUT2D eigenvalue weighted by Crippen LogP contribution is 2.25. The third-order valence-electron chi connectivity index (χ3n) is 2.63. The predicted molar refractivity (Wildman–Crippen MR) is 59.3 cm³/mol. The van der Waals surface area contributed by atoms with Crippen LogP contribution in [0.3, 0.4) is 0 Å². The third-order valence-corrected chi connectivity index (χ3v) is 2.63. The first-order valence-electron chi connectivity index (χ1n) is 5.46. The molecule has 0 saturated heterocycles. The lowest BCUT2D eigenvalue weighted by molar-refractivity contribution is 0.293. The lowest BCUT2D eigenvalue weighted by Crippen LogP contribution is -2.20. The highest BCUT2D eigenvalue weighted by Gasteiger charge is 2.11. The van der Waals surface area contributed by atoms with Gasteiger partial charge in [0.15, 0.2) is 0 Å². The number of hydrogen-bond donors (Lipinski definition) is 2. The highest BCUT2D eigenvalue weighted by atomic mass is 16.5. The van der Waals surface area contributed by atoms with Gasteiger partial charge in [-0.3, -0.25) is 0 Å². The fourth-order valence-electron chi connectivity index (χ4n) is 1.83. The molecule has 1 aromatic rings. The second-order valence-electron chi connectivity index (χ2n) is 3.76. The number of benzene rings is 1. The summed E-state index contributed by atoms with van der Waals surface area (Å²) in [6, 6.07) is 6.40. The van der Waals surface area contributed by atoms with Gasteiger partial charge in [0.2, 0.25) is 0 Å². The summed E-state index contributed by atoms with van der Waals surface area (Å²) in [7, 11) is 0. The van der Waals surface area contributed by atoms with E-state index in [-0.39, 0.29) is 6.61 Å². The molecule has 0 saturated carbocycles. The van der Waals surface area contributed by atoms with Crippen molar-refractivity contribution in [2.45, 2.75) is 12.8 Å². The molecule has 3 nitrogen and oxygen atoms in total. The quantitative estimate of drug-likeness (QED) is 0.700. The van der Waals surface area contributed by atoms with Crippen molar-refractivity contribution in [3.63, 3.8) is 0 Å². The van der Waals surface area contributed by atoms with Gasteiger partial charge in [-0.25, -0.2) is 0 Å². The third kappa shape index (κ3) is 2.70. The minimum Gasteiger partial charge on any atom is -0.493 e. The Hall–Kier alpha value is -1.06. The molecule has 0 fully saturated rings. The summed E-state index contributed by atoms with van der Waals surface area (Å²) in [4.78, 5) is 0. The number of rotatable bonds is 5. The molecule has 3 heteroatoms. The Balaban J connectivity index is 1.87. The van der Waals surface area contributed by atoms with Crippen LogP contribution in [0.4, 0.5) is 0 Å². The molecule has 82 valence electrons. The molecule has 0 aliphatic carbocycles. The predicted octanol–water partition coefficient (Wildman–Crippen LogP) is 0.746. The molecule has 15 heavy (non-hydrogen) atoms. The van der Waals surface area contributed by atoms with Crippen molar-refractivity contribution in [2.24, 2.45) is 0 Å². The molecule has 0 radical (unpaired) electrons. The Morgan fingerprint density at radius 3 is 3.13 bits per heavy atom. The zero-order valence-corrected chi connectivity index (χ0v) is 8.83. The first-order valence-corrected chi connectivity index (χ1v) is 5.46. The molecule has 1 heterocycles. The molecule has 0 spiro atoms. The Labute approximate surface area is 90.1 Å². The van der Waals surface area contributed by atoms with Crippen LogP contribution in [0.25, 0.3) is 0 Å². The van der Waals surface area contributed by atoms with Crippen LogP contribution >= 0.6 is 0 Å². The van der Waals surface area contributed by atoms with Crippen LogP contribution in [-0.4, -0.2) is 31.4 Å². The Morgan fingerprint density at radius 1 is 1.33 bits per heavy atom. The van der Waals surface area contributed by atoms with Crippen molar-refractivity contribution in [1.29, 1.82) is 0 Å². The summed E-state index contributed by atoms with van der Waals surface area (Å²) in [5, 5.41) is 11.8. The van der Waals surface area contributed by atoms with E-state index in [1.165, 1.54) is 11.1 Å². The van der Waals surface area contributed by atoms with E-state index in [0.717, 1.165) is 31.7 Å². The molecule has 1 aliphatic heterocycles. The number of aliphatic hydroxyl groups is 1. The average molecular weight is 207 g/mol. The van der Waals surface area contributed by atoms with E-state index in [0.29, 0.717) is 6.54 Å². The van der Waals surface area contributed by atoms with Crippen molar-refractivity contribution in [3.05, 3.63) is 29.3 Å². The van der Waals surface area contributed by atoms with Crippen molar-refractivity contribution in [2.75, 3.05) is 26.3 Å². The second-order valence-corrected chi connectivity index (χ2v) is 3.76. The Kier molecular flexibility index (Phi) is 3.59. The van der Waals surface area contributed by atoms with Gasteiger partial charge in [-0.15, -0.1) is 0 Å². The van der Waals surface area contributed by atoms with Crippen LogP contribution in [-0.2, 0) is 12.8 Å². The van der Waals surface area contributed by atoms with E-state index in [1.54, 1.807) is 0 Å². The van der Waals surface area contributed by atoms with Gasteiger partial charge in [0.1, 0.15) is 5.75 Å². The summed E-state index contributed by atoms with van der Waals surface area (Å²) in [6.07, 6.45) is 2.04. The van der Waals surface area contributed by atoms with Crippen LogP contribution in [0.15, 0.2) is 18.2 Å². The molecule has 2 rings (SSSR count). The van der Waals surface area contributed by atoms with E-state index in [2.05, 4.69) is 23.5 Å². The van der Waals surface area contributed by atoms with E-state index in [4.69, 9.17) is 9.84 Å². The molecule has 1 aliphatic rings. The van der Waals surface area contributed by atoms with Crippen molar-refractivity contribution >= 4 is 0 Å². The molecular weight excluding hydrogens is 190 g/mol. The van der Waals surface area contributed by atoms with Gasteiger partial charge in [-0.1, -0.05) is 12.1 Å². The molecule has 0 aromatic heterocycles. The second kappa shape index (κ2) is 5.14. The topological polar surface area (TPSA) is 41.5 Å². The SMILES string of the molecule is OCCNCCc1ccc2c(c1)CCO2. The number of ether oxygens (including phenoxy) is 1. The number of hydrogen-bond acceptors (Lipinski definition) is 3. The summed E-state index contributed by atoms with van der Waals surface area (Å²) < 4.78 is 5.45. The largest absolute Gasteiger partial charge is 0.493 e. The zero-order valence-electron chi connectivity index (χ0n) is 8.83. The highest BCUT2D eigenvalue weighted by molar-refractivity contribution is 5.39. The van der Waals surface area contributed by atoms with Gasteiger partial charge in [-0.2, -0.15) is 0 Å². The summed E-state index contributed by atoms with van der Waals surface area (Å²) in [6.45, 7) is 2.62. The first kappa shape index (κ1) is 10.5. The molecule has 0 bridgehead atoms. The maximum atomic E-state index is 8.61. The fourth-order valence-corrected chi connectivity index (χ4v) is 1.83. The standard InChI is InChI=1S/C12H17NO2/c14-7-6-13-5-3-10-1-2-12-11(9-10)4-8-15-12/h1-2,9,13-14H,3-8H2. The van der Waals surface area contributed by atoms with Crippen molar-refractivity contribution in [3.8, 4) is 5.75 Å². The van der Waals surface area contributed by atoms with Crippen LogP contribution < -0.4 is 10.1 Å². The minimum absolute atomic E-state index is 0.206. The summed E-state index contributed by atoms with van der Waals surface area (Å²) in [5.41, 5.74) is 2.67. The van der Waals surface area contributed by atoms with E-state index >= 15 is 0 Å².